The van der Waals surface area contributed by atoms with Crippen LogP contribution in [0.5, 0.6) is 11.5 Å². The number of aromatic nitrogens is 1. The molecule has 3 heteroatoms. The van der Waals surface area contributed by atoms with Crippen molar-refractivity contribution in [3.8, 4) is 11.5 Å². The number of para-hydroxylation sites is 1. The van der Waals surface area contributed by atoms with E-state index in [0.717, 1.165) is 17.9 Å². The molecule has 0 aliphatic carbocycles. The summed E-state index contributed by atoms with van der Waals surface area (Å²) >= 11 is 0. The van der Waals surface area contributed by atoms with Gasteiger partial charge in [-0.05, 0) is 35.7 Å². The Hall–Kier alpha value is -2.42. The third kappa shape index (κ3) is 2.47. The Bertz CT molecular complexity index is 774. The van der Waals surface area contributed by atoms with Crippen LogP contribution < -0.4 is 9.47 Å². The molecule has 108 valence electrons. The quantitative estimate of drug-likeness (QED) is 0.726. The number of methoxy groups -OCH3 is 2. The zero-order valence-electron chi connectivity index (χ0n) is 12.6. The molecular formula is C18H19NO2. The fourth-order valence-electron chi connectivity index (χ4n) is 2.78. The van der Waals surface area contributed by atoms with Gasteiger partial charge in [0.15, 0.2) is 11.5 Å². The first-order chi connectivity index (χ1) is 10.2. The van der Waals surface area contributed by atoms with Crippen molar-refractivity contribution in [3.05, 3.63) is 59.8 Å². The summed E-state index contributed by atoms with van der Waals surface area (Å²) in [6, 6.07) is 14.6. The number of fused-ring (bicyclic) bond motifs is 1. The highest BCUT2D eigenvalue weighted by molar-refractivity contribution is 5.84. The predicted octanol–water partition coefficient (Wildman–Crippen LogP) is 3.79. The number of ether oxygens (including phenoxy) is 2. The molecule has 3 nitrogen and oxygen atoms in total. The van der Waals surface area contributed by atoms with Gasteiger partial charge in [-0.1, -0.05) is 24.3 Å². The van der Waals surface area contributed by atoms with Gasteiger partial charge in [0.25, 0.3) is 0 Å². The van der Waals surface area contributed by atoms with E-state index in [0.29, 0.717) is 0 Å². The topological polar surface area (TPSA) is 23.4 Å². The first-order valence-corrected chi connectivity index (χ1v) is 6.96. The summed E-state index contributed by atoms with van der Waals surface area (Å²) < 4.78 is 12.8. The molecule has 0 saturated heterocycles. The van der Waals surface area contributed by atoms with E-state index in [4.69, 9.17) is 9.47 Å². The minimum atomic E-state index is 0.763. The van der Waals surface area contributed by atoms with Gasteiger partial charge in [-0.3, -0.25) is 0 Å². The van der Waals surface area contributed by atoms with Crippen LogP contribution in [0.3, 0.4) is 0 Å². The van der Waals surface area contributed by atoms with Gasteiger partial charge in [0.1, 0.15) is 0 Å². The molecule has 0 amide bonds. The van der Waals surface area contributed by atoms with E-state index in [1.54, 1.807) is 14.2 Å². The van der Waals surface area contributed by atoms with Gasteiger partial charge in [0, 0.05) is 24.1 Å². The van der Waals surface area contributed by atoms with Crippen molar-refractivity contribution < 1.29 is 9.47 Å². The van der Waals surface area contributed by atoms with Gasteiger partial charge in [-0.2, -0.15) is 0 Å². The highest BCUT2D eigenvalue weighted by Crippen LogP contribution is 2.30. The maximum atomic E-state index is 5.38. The SMILES string of the molecule is COc1ccc(Cc2cn(C)c3ccccc23)cc1OC. The van der Waals surface area contributed by atoms with E-state index in [2.05, 4.69) is 48.1 Å². The van der Waals surface area contributed by atoms with E-state index in [1.165, 1.54) is 22.0 Å². The summed E-state index contributed by atoms with van der Waals surface area (Å²) in [6.45, 7) is 0. The number of benzene rings is 2. The van der Waals surface area contributed by atoms with Crippen molar-refractivity contribution in [1.82, 2.24) is 4.57 Å². The molecular weight excluding hydrogens is 262 g/mol. The summed E-state index contributed by atoms with van der Waals surface area (Å²) in [5, 5.41) is 1.30. The van der Waals surface area contributed by atoms with Gasteiger partial charge in [0.2, 0.25) is 0 Å². The highest BCUT2D eigenvalue weighted by atomic mass is 16.5. The number of rotatable bonds is 4. The van der Waals surface area contributed by atoms with Crippen LogP contribution in [-0.2, 0) is 13.5 Å². The maximum Gasteiger partial charge on any atom is 0.160 e. The van der Waals surface area contributed by atoms with Gasteiger partial charge < -0.3 is 14.0 Å². The standard InChI is InChI=1S/C18H19NO2/c1-19-12-14(15-6-4-5-7-16(15)19)10-13-8-9-17(20-2)18(11-13)21-3/h4-9,11-12H,10H2,1-3H3. The molecule has 3 aromatic rings. The van der Waals surface area contributed by atoms with Crippen molar-refractivity contribution in [2.75, 3.05) is 14.2 Å². The lowest BCUT2D eigenvalue weighted by molar-refractivity contribution is 0.354. The summed E-state index contributed by atoms with van der Waals surface area (Å²) in [5.41, 5.74) is 3.79. The first-order valence-electron chi connectivity index (χ1n) is 6.96. The second-order valence-electron chi connectivity index (χ2n) is 5.15. The first kappa shape index (κ1) is 13.6. The molecule has 0 aliphatic rings. The van der Waals surface area contributed by atoms with Crippen LogP contribution in [0.15, 0.2) is 48.7 Å². The third-order valence-corrected chi connectivity index (χ3v) is 3.82. The van der Waals surface area contributed by atoms with Crippen LogP contribution in [0.25, 0.3) is 10.9 Å². The molecule has 0 radical (unpaired) electrons. The van der Waals surface area contributed by atoms with E-state index in [9.17, 15) is 0 Å². The molecule has 1 aromatic heterocycles. The lowest BCUT2D eigenvalue weighted by atomic mass is 10.0. The van der Waals surface area contributed by atoms with Crippen LogP contribution in [-0.4, -0.2) is 18.8 Å². The van der Waals surface area contributed by atoms with Gasteiger partial charge in [-0.25, -0.2) is 0 Å². The lowest BCUT2D eigenvalue weighted by Gasteiger charge is -2.09. The van der Waals surface area contributed by atoms with Gasteiger partial charge >= 0.3 is 0 Å². The lowest BCUT2D eigenvalue weighted by Crippen LogP contribution is -1.93. The van der Waals surface area contributed by atoms with Crippen LogP contribution in [0.2, 0.25) is 0 Å². The van der Waals surface area contributed by atoms with Crippen molar-refractivity contribution in [2.45, 2.75) is 6.42 Å². The zero-order chi connectivity index (χ0) is 14.8. The minimum Gasteiger partial charge on any atom is -0.493 e. The number of hydrogen-bond donors (Lipinski definition) is 0. The van der Waals surface area contributed by atoms with Crippen molar-refractivity contribution in [2.24, 2.45) is 7.05 Å². The molecule has 3 rings (SSSR count). The fraction of sp³-hybridized carbons (Fsp3) is 0.222. The molecule has 2 aromatic carbocycles. The third-order valence-electron chi connectivity index (χ3n) is 3.82. The Labute approximate surface area is 124 Å². The van der Waals surface area contributed by atoms with Crippen LogP contribution in [0.4, 0.5) is 0 Å². The summed E-state index contributed by atoms with van der Waals surface area (Å²) in [5.74, 6) is 1.54. The Morgan fingerprint density at radius 1 is 0.952 bits per heavy atom. The smallest absolute Gasteiger partial charge is 0.160 e. The number of aryl methyl sites for hydroxylation is 1. The summed E-state index contributed by atoms with van der Waals surface area (Å²) in [4.78, 5) is 0. The average molecular weight is 281 g/mol. The Balaban J connectivity index is 1.99. The molecule has 0 bridgehead atoms. The molecule has 21 heavy (non-hydrogen) atoms. The zero-order valence-corrected chi connectivity index (χ0v) is 12.6. The molecule has 0 aliphatic heterocycles. The Morgan fingerprint density at radius 2 is 1.71 bits per heavy atom. The monoisotopic (exact) mass is 281 g/mol. The van der Waals surface area contributed by atoms with Crippen molar-refractivity contribution >= 4 is 10.9 Å². The largest absolute Gasteiger partial charge is 0.493 e. The summed E-state index contributed by atoms with van der Waals surface area (Å²) in [6.07, 6.45) is 3.07. The molecule has 0 saturated carbocycles. The van der Waals surface area contributed by atoms with Gasteiger partial charge in [-0.15, -0.1) is 0 Å². The second kappa shape index (κ2) is 5.52. The molecule has 0 N–H and O–H groups in total. The Kier molecular flexibility index (Phi) is 3.57. The summed E-state index contributed by atoms with van der Waals surface area (Å²) in [7, 11) is 5.40. The van der Waals surface area contributed by atoms with Crippen LogP contribution in [0.1, 0.15) is 11.1 Å². The molecule has 0 unspecified atom stereocenters. The fourth-order valence-corrected chi connectivity index (χ4v) is 2.78. The average Bonchev–Trinajstić information content (AvgIpc) is 2.84. The maximum absolute atomic E-state index is 5.38. The molecule has 0 fully saturated rings. The Morgan fingerprint density at radius 3 is 2.48 bits per heavy atom. The van der Waals surface area contributed by atoms with Crippen molar-refractivity contribution in [3.63, 3.8) is 0 Å². The minimum absolute atomic E-state index is 0.763. The molecule has 0 spiro atoms. The van der Waals surface area contributed by atoms with E-state index >= 15 is 0 Å². The normalized spacial score (nSPS) is 10.8. The second-order valence-corrected chi connectivity index (χ2v) is 5.15. The number of hydrogen-bond acceptors (Lipinski definition) is 2. The highest BCUT2D eigenvalue weighted by Gasteiger charge is 2.09. The van der Waals surface area contributed by atoms with E-state index < -0.39 is 0 Å². The van der Waals surface area contributed by atoms with E-state index in [-0.39, 0.29) is 0 Å². The van der Waals surface area contributed by atoms with Crippen molar-refractivity contribution in [1.29, 1.82) is 0 Å². The van der Waals surface area contributed by atoms with Crippen LogP contribution in [0, 0.1) is 0 Å². The predicted molar refractivity (Wildman–Crippen MR) is 85.3 cm³/mol. The molecule has 1 heterocycles. The number of nitrogens with zero attached hydrogens (tertiary/aromatic N) is 1. The van der Waals surface area contributed by atoms with E-state index in [1.807, 2.05) is 12.1 Å². The molecule has 0 atom stereocenters. The van der Waals surface area contributed by atoms with Gasteiger partial charge in [0.05, 0.1) is 14.2 Å². The van der Waals surface area contributed by atoms with Crippen LogP contribution >= 0.6 is 0 Å².